The van der Waals surface area contributed by atoms with Crippen LogP contribution in [0.5, 0.6) is 0 Å². The summed E-state index contributed by atoms with van der Waals surface area (Å²) in [4.78, 5) is 19.2. The van der Waals surface area contributed by atoms with Crippen molar-refractivity contribution in [2.45, 2.75) is 23.7 Å². The molecule has 1 aromatic heterocycles. The third-order valence-electron chi connectivity index (χ3n) is 5.33. The number of hydrogen-bond donors (Lipinski definition) is 0. The molecule has 1 aliphatic rings. The summed E-state index contributed by atoms with van der Waals surface area (Å²) in [5, 5.41) is 13.0. The zero-order valence-electron chi connectivity index (χ0n) is 16.9. The van der Waals surface area contributed by atoms with Crippen molar-refractivity contribution in [2.24, 2.45) is 0 Å². The Morgan fingerprint density at radius 1 is 1.16 bits per heavy atom. The van der Waals surface area contributed by atoms with Crippen LogP contribution in [-0.4, -0.2) is 48.7 Å². The zero-order valence-corrected chi connectivity index (χ0v) is 17.7. The van der Waals surface area contributed by atoms with Crippen molar-refractivity contribution >= 4 is 15.7 Å². The number of nitrogens with zero attached hydrogens (tertiary/aromatic N) is 4. The van der Waals surface area contributed by atoms with Gasteiger partial charge in [-0.25, -0.2) is 8.42 Å². The van der Waals surface area contributed by atoms with Crippen LogP contribution in [0.2, 0.25) is 0 Å². The molecule has 1 fully saturated rings. The highest BCUT2D eigenvalue weighted by molar-refractivity contribution is 7.90. The molecule has 4 rings (SSSR count). The molecule has 31 heavy (non-hydrogen) atoms. The van der Waals surface area contributed by atoms with Crippen LogP contribution in [0.25, 0.3) is 11.4 Å². The maximum Gasteiger partial charge on any atom is 0.253 e. The fraction of sp³-hybridized carbons (Fsp3) is 0.273. The van der Waals surface area contributed by atoms with Crippen LogP contribution in [0.1, 0.15) is 40.6 Å². The fourth-order valence-corrected chi connectivity index (χ4v) is 4.28. The Morgan fingerprint density at radius 3 is 2.61 bits per heavy atom. The van der Waals surface area contributed by atoms with Crippen LogP contribution >= 0.6 is 0 Å². The standard InChI is InChI=1S/C22H20N4O4S/c1-31(28,29)19-7-3-5-17(13-19)20-24-21(30-25-20)16-8-10-26(11-9-16)22(27)18-6-2-4-15(12-18)14-23/h2-7,12-13,16H,8-11H2,1H3. The van der Waals surface area contributed by atoms with E-state index < -0.39 is 9.84 Å². The molecule has 0 N–H and O–H groups in total. The third-order valence-corrected chi connectivity index (χ3v) is 6.44. The number of piperidine rings is 1. The van der Waals surface area contributed by atoms with Crippen molar-refractivity contribution in [2.75, 3.05) is 19.3 Å². The largest absolute Gasteiger partial charge is 0.339 e. The number of carbonyl (C=O) groups is 1. The summed E-state index contributed by atoms with van der Waals surface area (Å²) < 4.78 is 29.0. The van der Waals surface area contributed by atoms with Gasteiger partial charge in [0.05, 0.1) is 16.5 Å². The first-order valence-corrected chi connectivity index (χ1v) is 11.7. The predicted octanol–water partition coefficient (Wildman–Crippen LogP) is 3.03. The van der Waals surface area contributed by atoms with Gasteiger partial charge in [0.25, 0.3) is 5.91 Å². The molecule has 1 saturated heterocycles. The molecule has 158 valence electrons. The number of likely N-dealkylation sites (tertiary alicyclic amines) is 1. The molecule has 0 unspecified atom stereocenters. The molecular formula is C22H20N4O4S. The Morgan fingerprint density at radius 2 is 1.90 bits per heavy atom. The lowest BCUT2D eigenvalue weighted by Crippen LogP contribution is -2.38. The minimum absolute atomic E-state index is 0.0221. The summed E-state index contributed by atoms with van der Waals surface area (Å²) in [6.07, 6.45) is 2.50. The monoisotopic (exact) mass is 436 g/mol. The number of amides is 1. The van der Waals surface area contributed by atoms with Crippen molar-refractivity contribution in [3.63, 3.8) is 0 Å². The molecule has 0 saturated carbocycles. The van der Waals surface area contributed by atoms with Gasteiger partial charge in [-0.1, -0.05) is 23.4 Å². The molecule has 3 aromatic rings. The van der Waals surface area contributed by atoms with E-state index in [0.29, 0.717) is 54.3 Å². The number of aromatic nitrogens is 2. The Bertz CT molecular complexity index is 1270. The minimum atomic E-state index is -3.33. The molecule has 0 radical (unpaired) electrons. The molecule has 9 heteroatoms. The maximum absolute atomic E-state index is 12.7. The molecular weight excluding hydrogens is 416 g/mol. The van der Waals surface area contributed by atoms with Gasteiger partial charge in [-0.3, -0.25) is 4.79 Å². The van der Waals surface area contributed by atoms with Crippen LogP contribution in [0.3, 0.4) is 0 Å². The van der Waals surface area contributed by atoms with Crippen molar-refractivity contribution in [3.8, 4) is 17.5 Å². The fourth-order valence-electron chi connectivity index (χ4n) is 3.62. The highest BCUT2D eigenvalue weighted by Crippen LogP contribution is 2.29. The predicted molar refractivity (Wildman–Crippen MR) is 112 cm³/mol. The highest BCUT2D eigenvalue weighted by Gasteiger charge is 2.28. The molecule has 2 aromatic carbocycles. The molecule has 2 heterocycles. The Hall–Kier alpha value is -3.51. The maximum atomic E-state index is 12.7. The van der Waals surface area contributed by atoms with Crippen LogP contribution in [-0.2, 0) is 9.84 Å². The van der Waals surface area contributed by atoms with Gasteiger partial charge in [0.2, 0.25) is 11.7 Å². The van der Waals surface area contributed by atoms with E-state index in [4.69, 9.17) is 9.78 Å². The SMILES string of the molecule is CS(=O)(=O)c1cccc(-c2noc(C3CCN(C(=O)c4cccc(C#N)c4)CC3)n2)c1. The normalized spacial score (nSPS) is 14.9. The van der Waals surface area contributed by atoms with Crippen LogP contribution in [0.15, 0.2) is 57.9 Å². The van der Waals surface area contributed by atoms with E-state index in [0.717, 1.165) is 6.26 Å². The second kappa shape index (κ2) is 8.32. The van der Waals surface area contributed by atoms with Gasteiger partial charge in [-0.15, -0.1) is 0 Å². The van der Waals surface area contributed by atoms with E-state index in [-0.39, 0.29) is 16.7 Å². The van der Waals surface area contributed by atoms with Gasteiger partial charge in [0.15, 0.2) is 9.84 Å². The molecule has 1 aliphatic heterocycles. The molecule has 0 atom stereocenters. The topological polar surface area (TPSA) is 117 Å². The quantitative estimate of drug-likeness (QED) is 0.617. The summed E-state index contributed by atoms with van der Waals surface area (Å²) in [6, 6.07) is 15.2. The zero-order chi connectivity index (χ0) is 22.0. The third kappa shape index (κ3) is 4.49. The number of hydrogen-bond acceptors (Lipinski definition) is 7. The Kier molecular flexibility index (Phi) is 5.57. The first kappa shape index (κ1) is 20.8. The van der Waals surface area contributed by atoms with Crippen LogP contribution < -0.4 is 0 Å². The van der Waals surface area contributed by atoms with Gasteiger partial charge in [-0.05, 0) is 43.2 Å². The van der Waals surface area contributed by atoms with E-state index in [1.165, 1.54) is 12.1 Å². The van der Waals surface area contributed by atoms with Gasteiger partial charge in [0, 0.05) is 36.4 Å². The summed E-state index contributed by atoms with van der Waals surface area (Å²) >= 11 is 0. The van der Waals surface area contributed by atoms with E-state index in [2.05, 4.69) is 10.1 Å². The van der Waals surface area contributed by atoms with E-state index in [1.807, 2.05) is 6.07 Å². The molecule has 0 spiro atoms. The average molecular weight is 436 g/mol. The molecule has 0 aliphatic carbocycles. The first-order chi connectivity index (χ1) is 14.8. The van der Waals surface area contributed by atoms with Crippen LogP contribution in [0, 0.1) is 11.3 Å². The summed E-state index contributed by atoms with van der Waals surface area (Å²) in [7, 11) is -3.33. The van der Waals surface area contributed by atoms with Crippen molar-refractivity contribution in [3.05, 3.63) is 65.5 Å². The number of carbonyl (C=O) groups excluding carboxylic acids is 1. The second-order valence-electron chi connectivity index (χ2n) is 7.52. The van der Waals surface area contributed by atoms with Gasteiger partial charge >= 0.3 is 0 Å². The lowest BCUT2D eigenvalue weighted by molar-refractivity contribution is 0.0704. The van der Waals surface area contributed by atoms with Crippen molar-refractivity contribution in [1.82, 2.24) is 15.0 Å². The summed E-state index contributed by atoms with van der Waals surface area (Å²) in [5.41, 5.74) is 1.53. The number of benzene rings is 2. The lowest BCUT2D eigenvalue weighted by atomic mass is 9.96. The molecule has 1 amide bonds. The summed E-state index contributed by atoms with van der Waals surface area (Å²) in [6.45, 7) is 1.09. The van der Waals surface area contributed by atoms with Crippen LogP contribution in [0.4, 0.5) is 0 Å². The van der Waals surface area contributed by atoms with Gasteiger partial charge in [0.1, 0.15) is 0 Å². The first-order valence-electron chi connectivity index (χ1n) is 9.78. The highest BCUT2D eigenvalue weighted by atomic mass is 32.2. The minimum Gasteiger partial charge on any atom is -0.339 e. The van der Waals surface area contributed by atoms with Gasteiger partial charge in [-0.2, -0.15) is 10.2 Å². The lowest BCUT2D eigenvalue weighted by Gasteiger charge is -2.30. The van der Waals surface area contributed by atoms with E-state index in [9.17, 15) is 13.2 Å². The number of rotatable bonds is 4. The summed E-state index contributed by atoms with van der Waals surface area (Å²) in [5.74, 6) is 0.749. The van der Waals surface area contributed by atoms with E-state index >= 15 is 0 Å². The second-order valence-corrected chi connectivity index (χ2v) is 9.53. The number of nitriles is 1. The molecule has 0 bridgehead atoms. The Labute approximate surface area is 180 Å². The average Bonchev–Trinajstić information content (AvgIpc) is 3.29. The van der Waals surface area contributed by atoms with Gasteiger partial charge < -0.3 is 9.42 Å². The van der Waals surface area contributed by atoms with Crippen molar-refractivity contribution in [1.29, 1.82) is 5.26 Å². The van der Waals surface area contributed by atoms with E-state index in [1.54, 1.807) is 41.3 Å². The smallest absolute Gasteiger partial charge is 0.253 e. The van der Waals surface area contributed by atoms with Crippen molar-refractivity contribution < 1.29 is 17.7 Å². The Balaban J connectivity index is 1.44. The molecule has 8 nitrogen and oxygen atoms in total. The number of sulfone groups is 1.